The van der Waals surface area contributed by atoms with Crippen LogP contribution in [-0.2, 0) is 4.79 Å². The summed E-state index contributed by atoms with van der Waals surface area (Å²) in [6.07, 6.45) is 0.244. The molecule has 2 aliphatic heterocycles. The summed E-state index contributed by atoms with van der Waals surface area (Å²) >= 11 is 0. The second-order valence-electron chi connectivity index (χ2n) is 5.00. The van der Waals surface area contributed by atoms with Gasteiger partial charge in [-0.1, -0.05) is 0 Å². The number of nitrogens with zero attached hydrogens (tertiary/aromatic N) is 2. The minimum absolute atomic E-state index is 0.132. The third-order valence-electron chi connectivity index (χ3n) is 3.37. The van der Waals surface area contributed by atoms with E-state index in [1.54, 1.807) is 12.1 Å². The highest BCUT2D eigenvalue weighted by atomic mass is 16.3. The fourth-order valence-corrected chi connectivity index (χ4v) is 2.29. The van der Waals surface area contributed by atoms with Gasteiger partial charge >= 0.3 is 12.1 Å². The number of amides is 5. The minimum atomic E-state index is -0.609. The number of phenols is 1. The number of hydrazone groups is 1. The van der Waals surface area contributed by atoms with Gasteiger partial charge in [0.25, 0.3) is 5.91 Å². The molecule has 0 bridgehead atoms. The highest BCUT2D eigenvalue weighted by molar-refractivity contribution is 5.89. The molecule has 3 rings (SSSR count). The summed E-state index contributed by atoms with van der Waals surface area (Å²) < 4.78 is 0. The molecule has 2 heterocycles. The average Bonchev–Trinajstić information content (AvgIpc) is 2.98. The fraction of sp³-hybridized carbons (Fsp3) is 0.231. The predicted molar refractivity (Wildman–Crippen MR) is 78.3 cm³/mol. The van der Waals surface area contributed by atoms with Crippen LogP contribution in [0.15, 0.2) is 29.4 Å². The van der Waals surface area contributed by atoms with Gasteiger partial charge in [-0.05, 0) is 29.8 Å². The lowest BCUT2D eigenvalue weighted by molar-refractivity contribution is -0.121. The number of aromatic hydroxyl groups is 1. The number of urea groups is 2. The second-order valence-corrected chi connectivity index (χ2v) is 5.00. The third kappa shape index (κ3) is 3.15. The molecule has 2 unspecified atom stereocenters. The van der Waals surface area contributed by atoms with Crippen molar-refractivity contribution in [3.05, 3.63) is 29.8 Å². The fourth-order valence-electron chi connectivity index (χ4n) is 2.29. The molecule has 1 aromatic rings. The van der Waals surface area contributed by atoms with Crippen LogP contribution in [0.3, 0.4) is 0 Å². The first-order chi connectivity index (χ1) is 11.0. The molecule has 120 valence electrons. The zero-order chi connectivity index (χ0) is 16.4. The zero-order valence-corrected chi connectivity index (χ0v) is 11.8. The molecule has 23 heavy (non-hydrogen) atoms. The number of fused-ring (bicyclic) bond motifs is 1. The van der Waals surface area contributed by atoms with E-state index in [1.165, 1.54) is 23.2 Å². The summed E-state index contributed by atoms with van der Waals surface area (Å²) in [5.74, 6) is -0.370. The maximum Gasteiger partial charge on any atom is 0.321 e. The molecule has 2 saturated heterocycles. The molecule has 5 amide bonds. The smallest absolute Gasteiger partial charge is 0.321 e. The Morgan fingerprint density at radius 3 is 2.74 bits per heavy atom. The highest BCUT2D eigenvalue weighted by Gasteiger charge is 2.45. The van der Waals surface area contributed by atoms with Gasteiger partial charge in [0.05, 0.1) is 6.21 Å². The summed E-state index contributed by atoms with van der Waals surface area (Å²) in [6, 6.07) is 5.38. The zero-order valence-electron chi connectivity index (χ0n) is 11.8. The maximum atomic E-state index is 11.8. The lowest BCUT2D eigenvalue weighted by Gasteiger charge is -2.19. The van der Waals surface area contributed by atoms with Gasteiger partial charge in [0.15, 0.2) is 0 Å². The van der Waals surface area contributed by atoms with Crippen LogP contribution in [0.4, 0.5) is 9.59 Å². The summed E-state index contributed by atoms with van der Waals surface area (Å²) in [6.45, 7) is -0.248. The molecule has 0 saturated carbocycles. The van der Waals surface area contributed by atoms with E-state index in [2.05, 4.69) is 26.5 Å². The first-order valence-corrected chi connectivity index (χ1v) is 6.78. The Kier molecular flexibility index (Phi) is 3.71. The monoisotopic (exact) mass is 318 g/mol. The van der Waals surface area contributed by atoms with E-state index in [0.717, 1.165) is 0 Å². The number of phenolic OH excluding ortho intramolecular Hbond substituents is 1. The van der Waals surface area contributed by atoms with E-state index < -0.39 is 30.3 Å². The van der Waals surface area contributed by atoms with Crippen LogP contribution in [-0.4, -0.2) is 53.1 Å². The van der Waals surface area contributed by atoms with Crippen LogP contribution in [0.25, 0.3) is 0 Å². The summed E-state index contributed by atoms with van der Waals surface area (Å²) in [4.78, 5) is 36.0. The van der Waals surface area contributed by atoms with Gasteiger partial charge in [0.1, 0.15) is 24.6 Å². The van der Waals surface area contributed by atoms with Crippen molar-refractivity contribution in [3.63, 3.8) is 0 Å². The molecule has 5 N–H and O–H groups in total. The Morgan fingerprint density at radius 1 is 1.26 bits per heavy atom. The summed E-state index contributed by atoms with van der Waals surface area (Å²) in [5, 5.41) is 20.5. The van der Waals surface area contributed by atoms with Crippen LogP contribution in [0, 0.1) is 0 Å². The molecule has 0 aromatic heterocycles. The minimum Gasteiger partial charge on any atom is -0.508 e. The maximum absolute atomic E-state index is 11.8. The molecule has 1 aromatic carbocycles. The SMILES string of the molecule is O=C(CN1C(=O)NC2NC(=O)NC21)NN=Cc1ccc(O)cc1. The largest absolute Gasteiger partial charge is 0.508 e. The van der Waals surface area contributed by atoms with Crippen LogP contribution in [0.2, 0.25) is 0 Å². The molecule has 10 heteroatoms. The first-order valence-electron chi connectivity index (χ1n) is 6.78. The average molecular weight is 318 g/mol. The van der Waals surface area contributed by atoms with E-state index in [9.17, 15) is 14.4 Å². The standard InChI is InChI=1S/C13H14N6O4/c20-8-3-1-7(2-4-8)5-14-18-9(21)6-19-11-10(16-13(19)23)15-12(22)17-11/h1-5,10-11,20H,6H2,(H,16,23)(H,18,21)(H2,15,17,22). The van der Waals surface area contributed by atoms with Crippen molar-refractivity contribution in [3.8, 4) is 5.75 Å². The Labute approximate surface area is 130 Å². The number of carbonyl (C=O) groups excluding carboxylic acids is 3. The Balaban J connectivity index is 1.54. The summed E-state index contributed by atoms with van der Waals surface area (Å²) in [5.41, 5.74) is 2.99. The lowest BCUT2D eigenvalue weighted by Crippen LogP contribution is -2.47. The van der Waals surface area contributed by atoms with Gasteiger partial charge in [-0.25, -0.2) is 15.0 Å². The van der Waals surface area contributed by atoms with E-state index in [4.69, 9.17) is 5.11 Å². The van der Waals surface area contributed by atoms with Crippen molar-refractivity contribution >= 4 is 24.2 Å². The molecular weight excluding hydrogens is 304 g/mol. The molecule has 0 aliphatic carbocycles. The Morgan fingerprint density at radius 2 is 2.00 bits per heavy atom. The highest BCUT2D eigenvalue weighted by Crippen LogP contribution is 2.13. The summed E-state index contributed by atoms with van der Waals surface area (Å²) in [7, 11) is 0. The van der Waals surface area contributed by atoms with Gasteiger partial charge in [-0.2, -0.15) is 5.10 Å². The molecular formula is C13H14N6O4. The van der Waals surface area contributed by atoms with E-state index in [-0.39, 0.29) is 12.3 Å². The molecule has 0 spiro atoms. The van der Waals surface area contributed by atoms with E-state index >= 15 is 0 Å². The van der Waals surface area contributed by atoms with Crippen LogP contribution in [0.1, 0.15) is 5.56 Å². The predicted octanol–water partition coefficient (Wildman–Crippen LogP) is -1.17. The van der Waals surface area contributed by atoms with E-state index in [0.29, 0.717) is 5.56 Å². The Bertz CT molecular complexity index is 674. The number of hydrogen-bond acceptors (Lipinski definition) is 5. The molecule has 2 fully saturated rings. The molecule has 2 atom stereocenters. The topological polar surface area (TPSA) is 135 Å². The second kappa shape index (κ2) is 5.83. The van der Waals surface area contributed by atoms with Crippen LogP contribution in [0.5, 0.6) is 5.75 Å². The number of hydrogen-bond donors (Lipinski definition) is 5. The van der Waals surface area contributed by atoms with Crippen LogP contribution < -0.4 is 21.4 Å². The Hall–Kier alpha value is -3.30. The normalized spacial score (nSPS) is 22.5. The third-order valence-corrected chi connectivity index (χ3v) is 3.37. The van der Waals surface area contributed by atoms with Crippen molar-refractivity contribution in [2.75, 3.05) is 6.54 Å². The van der Waals surface area contributed by atoms with Crippen molar-refractivity contribution in [1.82, 2.24) is 26.3 Å². The van der Waals surface area contributed by atoms with Crippen molar-refractivity contribution in [1.29, 1.82) is 0 Å². The molecule has 0 radical (unpaired) electrons. The van der Waals surface area contributed by atoms with E-state index in [1.807, 2.05) is 0 Å². The number of nitrogens with one attached hydrogen (secondary N) is 4. The molecule has 10 nitrogen and oxygen atoms in total. The number of benzene rings is 1. The van der Waals surface area contributed by atoms with Crippen molar-refractivity contribution in [2.45, 2.75) is 12.3 Å². The van der Waals surface area contributed by atoms with Gasteiger partial charge in [0, 0.05) is 0 Å². The van der Waals surface area contributed by atoms with Gasteiger partial charge in [-0.3, -0.25) is 9.69 Å². The van der Waals surface area contributed by atoms with Crippen molar-refractivity contribution < 1.29 is 19.5 Å². The number of carbonyl (C=O) groups is 3. The van der Waals surface area contributed by atoms with Crippen molar-refractivity contribution in [2.24, 2.45) is 5.10 Å². The van der Waals surface area contributed by atoms with Gasteiger partial charge < -0.3 is 21.1 Å². The lowest BCUT2D eigenvalue weighted by atomic mass is 10.2. The van der Waals surface area contributed by atoms with Gasteiger partial charge in [-0.15, -0.1) is 0 Å². The first kappa shape index (κ1) is 14.6. The van der Waals surface area contributed by atoms with Crippen LogP contribution >= 0.6 is 0 Å². The van der Waals surface area contributed by atoms with Gasteiger partial charge in [0.2, 0.25) is 0 Å². The quantitative estimate of drug-likeness (QED) is 0.353. The molecule has 2 aliphatic rings. The number of rotatable bonds is 4.